The van der Waals surface area contributed by atoms with Crippen LogP contribution < -0.4 is 15.1 Å². The third-order valence-corrected chi connectivity index (χ3v) is 6.93. The van der Waals surface area contributed by atoms with Crippen molar-refractivity contribution in [3.63, 3.8) is 0 Å². The summed E-state index contributed by atoms with van der Waals surface area (Å²) < 4.78 is 22.3. The molecule has 0 unspecified atom stereocenters. The molecular formula is C29H24N7O10+. The summed E-state index contributed by atoms with van der Waals surface area (Å²) in [6.45, 7) is 1.26. The van der Waals surface area contributed by atoms with Gasteiger partial charge in [-0.05, 0) is 40.7 Å². The maximum absolute atomic E-state index is 13.3. The standard InChI is InChI=1S/C29H23N7O10/c1-2-42-28-30-22-9-5-8-21(27(37)43-15-23-24(16-44-36(40)41)35(39)46-32-23)25(22)34(28)14-17-10-12-18(13-11-17)19-6-3-4-7-20(19)26-31-29(38)45-33-26/h3-13H,2,14-16H2,1H3,(H-,31,32,33,38,39)/p+1. The Bertz CT molecular complexity index is 2160. The number of nitrogens with zero attached hydrogens (tertiary/aromatic N) is 5. The molecule has 6 rings (SSSR count). The molecule has 0 aliphatic rings. The molecule has 0 saturated carbocycles. The minimum Gasteiger partial charge on any atom is -0.465 e. The lowest BCUT2D eigenvalue weighted by Crippen LogP contribution is -2.20. The van der Waals surface area contributed by atoms with Gasteiger partial charge in [0.25, 0.3) is 16.8 Å². The van der Waals surface area contributed by atoms with Crippen LogP contribution in [-0.4, -0.2) is 42.5 Å². The summed E-state index contributed by atoms with van der Waals surface area (Å²) in [7, 11) is 0. The van der Waals surface area contributed by atoms with E-state index in [-0.39, 0.29) is 34.1 Å². The zero-order valence-corrected chi connectivity index (χ0v) is 24.0. The lowest BCUT2D eigenvalue weighted by molar-refractivity contribution is -0.777. The van der Waals surface area contributed by atoms with Crippen molar-refractivity contribution in [2.75, 3.05) is 6.61 Å². The molecule has 0 radical (unpaired) electrons. The second-order valence-corrected chi connectivity index (χ2v) is 9.72. The quantitative estimate of drug-likeness (QED) is 0.113. The monoisotopic (exact) mass is 630 g/mol. The van der Waals surface area contributed by atoms with E-state index in [0.29, 0.717) is 29.0 Å². The summed E-state index contributed by atoms with van der Waals surface area (Å²) >= 11 is 0. The van der Waals surface area contributed by atoms with E-state index in [0.717, 1.165) is 16.7 Å². The lowest BCUT2D eigenvalue weighted by atomic mass is 9.98. The summed E-state index contributed by atoms with van der Waals surface area (Å²) in [6, 6.07) is 20.4. The maximum Gasteiger partial charge on any atom is 0.439 e. The highest BCUT2D eigenvalue weighted by atomic mass is 16.9. The molecule has 17 heteroatoms. The molecule has 3 heterocycles. The van der Waals surface area contributed by atoms with Gasteiger partial charge in [0.15, 0.2) is 23.6 Å². The first-order chi connectivity index (χ1) is 22.3. The number of hydrogen-bond donors (Lipinski definition) is 2. The van der Waals surface area contributed by atoms with Crippen LogP contribution in [-0.2, 0) is 29.3 Å². The number of carbonyl (C=O) groups is 1. The van der Waals surface area contributed by atoms with E-state index in [1.54, 1.807) is 22.8 Å². The fraction of sp³-hybridized carbons (Fsp3) is 0.172. The van der Waals surface area contributed by atoms with Gasteiger partial charge in [0.1, 0.15) is 0 Å². The molecule has 46 heavy (non-hydrogen) atoms. The normalized spacial score (nSPS) is 11.1. The van der Waals surface area contributed by atoms with Gasteiger partial charge in [-0.1, -0.05) is 69.5 Å². The van der Waals surface area contributed by atoms with Gasteiger partial charge >= 0.3 is 11.7 Å². The largest absolute Gasteiger partial charge is 0.465 e. The second-order valence-electron chi connectivity index (χ2n) is 9.72. The molecule has 6 aromatic rings. The summed E-state index contributed by atoms with van der Waals surface area (Å²) in [4.78, 5) is 58.7. The molecule has 0 fully saturated rings. The van der Waals surface area contributed by atoms with Gasteiger partial charge in [0, 0.05) is 5.56 Å². The number of rotatable bonds is 12. The van der Waals surface area contributed by atoms with Crippen LogP contribution in [0.5, 0.6) is 6.01 Å². The molecule has 234 valence electrons. The average Bonchev–Trinajstić information content (AvgIpc) is 3.75. The van der Waals surface area contributed by atoms with Crippen LogP contribution in [0, 0.1) is 15.0 Å². The van der Waals surface area contributed by atoms with Crippen molar-refractivity contribution in [2.45, 2.75) is 26.7 Å². The topological polar surface area (TPSA) is 217 Å². The van der Waals surface area contributed by atoms with Crippen LogP contribution >= 0.6 is 0 Å². The van der Waals surface area contributed by atoms with Gasteiger partial charge in [-0.25, -0.2) is 9.59 Å². The SMILES string of the molecule is CCOc1nc2cccc(C(=O)OCc3[nH]o[n+](=O)c3CO[N+](=O)[O-])c2n1Cc1ccc(-c2ccccc2-c2noc(=O)[nH]2)cc1. The number of imidazole rings is 1. The number of aromatic amines is 2. The first-order valence-electron chi connectivity index (χ1n) is 13.8. The number of hydrogen-bond acceptors (Lipinski definition) is 12. The lowest BCUT2D eigenvalue weighted by Gasteiger charge is -2.12. The van der Waals surface area contributed by atoms with Crippen molar-refractivity contribution in [2.24, 2.45) is 0 Å². The molecule has 0 spiro atoms. The van der Waals surface area contributed by atoms with E-state index in [2.05, 4.69) is 34.3 Å². The smallest absolute Gasteiger partial charge is 0.439 e. The van der Waals surface area contributed by atoms with Crippen LogP contribution in [0.1, 0.15) is 34.2 Å². The zero-order valence-electron chi connectivity index (χ0n) is 24.0. The Morgan fingerprint density at radius 3 is 2.57 bits per heavy atom. The Labute approximate surface area is 256 Å². The number of benzene rings is 3. The van der Waals surface area contributed by atoms with E-state index in [1.165, 1.54) is 0 Å². The molecule has 3 aromatic heterocycles. The van der Waals surface area contributed by atoms with Crippen LogP contribution in [0.15, 0.2) is 80.7 Å². The van der Waals surface area contributed by atoms with E-state index in [4.69, 9.17) is 9.47 Å². The summed E-state index contributed by atoms with van der Waals surface area (Å²) in [5.41, 5.74) is 4.09. The van der Waals surface area contributed by atoms with Gasteiger partial charge in [-0.15, -0.1) is 10.1 Å². The molecule has 0 aliphatic carbocycles. The Morgan fingerprint density at radius 1 is 1.07 bits per heavy atom. The Balaban J connectivity index is 1.28. The van der Waals surface area contributed by atoms with Crippen LogP contribution in [0.3, 0.4) is 0 Å². The van der Waals surface area contributed by atoms with Crippen molar-refractivity contribution in [3.8, 4) is 28.5 Å². The van der Waals surface area contributed by atoms with Crippen LogP contribution in [0.4, 0.5) is 0 Å². The summed E-state index contributed by atoms with van der Waals surface area (Å²) in [6.07, 6.45) is 0. The Kier molecular flexibility index (Phi) is 8.10. The molecule has 3 aromatic carbocycles. The van der Waals surface area contributed by atoms with Gasteiger partial charge in [0.05, 0.1) is 29.7 Å². The summed E-state index contributed by atoms with van der Waals surface area (Å²) in [5.74, 6) is -1.08. The average molecular weight is 631 g/mol. The fourth-order valence-corrected chi connectivity index (χ4v) is 4.88. The molecule has 0 atom stereocenters. The molecule has 0 bridgehead atoms. The highest BCUT2D eigenvalue weighted by Gasteiger charge is 2.25. The summed E-state index contributed by atoms with van der Waals surface area (Å²) in [5, 5.41) is 15.6. The number of nitrogens with one attached hydrogen (secondary N) is 2. The highest BCUT2D eigenvalue weighted by Crippen LogP contribution is 2.31. The highest BCUT2D eigenvalue weighted by molar-refractivity contribution is 6.02. The van der Waals surface area contributed by atoms with Gasteiger partial charge in [-0.3, -0.25) is 14.1 Å². The molecule has 0 amide bonds. The number of carbonyl (C=O) groups excluding carboxylic acids is 1. The number of H-pyrrole nitrogens is 2. The van der Waals surface area contributed by atoms with E-state index in [1.807, 2.05) is 55.5 Å². The maximum atomic E-state index is 13.3. The van der Waals surface area contributed by atoms with Crippen LogP contribution in [0.25, 0.3) is 33.5 Å². The van der Waals surface area contributed by atoms with Crippen LogP contribution in [0.2, 0.25) is 0 Å². The number of ether oxygens (including phenoxy) is 2. The van der Waals surface area contributed by atoms with Gasteiger partial charge in [-0.2, -0.15) is 4.98 Å². The van der Waals surface area contributed by atoms with Gasteiger partial charge in [0.2, 0.25) is 5.69 Å². The predicted molar refractivity (Wildman–Crippen MR) is 155 cm³/mol. The number of esters is 1. The van der Waals surface area contributed by atoms with Crippen molar-refractivity contribution < 1.29 is 37.9 Å². The minimum absolute atomic E-state index is 0.00412. The molecule has 0 aliphatic heterocycles. The Hall–Kier alpha value is -6.52. The third kappa shape index (κ3) is 5.96. The number of aromatic nitrogens is 6. The number of para-hydroxylation sites is 1. The predicted octanol–water partition coefficient (Wildman–Crippen LogP) is 3.39. The van der Waals surface area contributed by atoms with Crippen molar-refractivity contribution in [1.29, 1.82) is 0 Å². The Morgan fingerprint density at radius 2 is 1.85 bits per heavy atom. The van der Waals surface area contributed by atoms with Crippen molar-refractivity contribution >= 4 is 17.0 Å². The van der Waals surface area contributed by atoms with E-state index >= 15 is 0 Å². The molecule has 17 nitrogen and oxygen atoms in total. The zero-order chi connectivity index (χ0) is 32.2. The minimum atomic E-state index is -1.06. The van der Waals surface area contributed by atoms with Crippen molar-refractivity contribution in [3.05, 3.63) is 115 Å². The second kappa shape index (κ2) is 12.6. The fourth-order valence-electron chi connectivity index (χ4n) is 4.88. The van der Waals surface area contributed by atoms with E-state index in [9.17, 15) is 24.6 Å². The first-order valence-corrected chi connectivity index (χ1v) is 13.8. The molecule has 2 N–H and O–H groups in total. The number of fused-ring (bicyclic) bond motifs is 1. The van der Waals surface area contributed by atoms with Crippen molar-refractivity contribution in [1.82, 2.24) is 24.8 Å². The first kappa shape index (κ1) is 29.5. The third-order valence-electron chi connectivity index (χ3n) is 6.93. The van der Waals surface area contributed by atoms with E-state index < -0.39 is 30.0 Å². The van der Waals surface area contributed by atoms with Gasteiger partial charge < -0.3 is 14.3 Å². The molecule has 0 saturated heterocycles. The molecular weight excluding hydrogens is 606 g/mol.